The Morgan fingerprint density at radius 3 is 0.977 bits per heavy atom. The largest absolute Gasteiger partial charge is 0.472 e. The highest BCUT2D eigenvalue weighted by molar-refractivity contribution is 7.47. The van der Waals surface area contributed by atoms with Crippen molar-refractivity contribution in [2.45, 2.75) is 360 Å². The first-order chi connectivity index (χ1) is 42.5. The molecule has 0 bridgehead atoms. The second-order valence-corrected chi connectivity index (χ2v) is 27.8. The average Bonchev–Trinajstić information content (AvgIpc) is 3.56. The van der Waals surface area contributed by atoms with Gasteiger partial charge in [-0.05, 0) is 64.2 Å². The molecule has 0 aromatic heterocycles. The molecule has 0 aromatic rings. The fourth-order valence-electron chi connectivity index (χ4n) is 10.8. The number of ether oxygens (including phenoxy) is 2. The Labute approximate surface area is 539 Å². The molecule has 1 N–H and O–H groups in total. The molecule has 0 radical (unpaired) electrons. The van der Waals surface area contributed by atoms with Gasteiger partial charge in [0.25, 0.3) is 0 Å². The summed E-state index contributed by atoms with van der Waals surface area (Å²) in [7, 11) is 1.48. The van der Waals surface area contributed by atoms with Crippen LogP contribution in [0.2, 0.25) is 0 Å². The van der Waals surface area contributed by atoms with Crippen molar-refractivity contribution in [1.29, 1.82) is 0 Å². The van der Waals surface area contributed by atoms with E-state index in [0.717, 1.165) is 83.5 Å². The summed E-state index contributed by atoms with van der Waals surface area (Å²) in [6.45, 7) is 4.37. The second kappa shape index (κ2) is 67.8. The minimum Gasteiger partial charge on any atom is -0.462 e. The van der Waals surface area contributed by atoms with E-state index in [1.54, 1.807) is 0 Å². The van der Waals surface area contributed by atoms with Crippen molar-refractivity contribution >= 4 is 19.8 Å². The van der Waals surface area contributed by atoms with Crippen LogP contribution < -0.4 is 0 Å². The number of unbranched alkanes of at least 4 members (excludes halogenated alkanes) is 43. The summed E-state index contributed by atoms with van der Waals surface area (Å²) in [5.74, 6) is -0.789. The Bertz CT molecular complexity index is 1700. The Morgan fingerprint density at radius 2 is 0.655 bits per heavy atom. The van der Waals surface area contributed by atoms with Crippen molar-refractivity contribution in [3.05, 3.63) is 72.9 Å². The van der Waals surface area contributed by atoms with Crippen molar-refractivity contribution in [3.8, 4) is 0 Å². The molecule has 508 valence electrons. The van der Waals surface area contributed by atoms with E-state index in [2.05, 4.69) is 86.8 Å². The first kappa shape index (κ1) is 84.5. The van der Waals surface area contributed by atoms with Gasteiger partial charge in [-0.25, -0.2) is 4.57 Å². The van der Waals surface area contributed by atoms with E-state index >= 15 is 0 Å². The highest BCUT2D eigenvalue weighted by Gasteiger charge is 2.27. The summed E-state index contributed by atoms with van der Waals surface area (Å²) < 4.78 is 34.8. The van der Waals surface area contributed by atoms with Gasteiger partial charge in [-0.15, -0.1) is 0 Å². The number of nitrogens with zero attached hydrogens (tertiary/aromatic N) is 1. The lowest BCUT2D eigenvalue weighted by Crippen LogP contribution is -2.37. The molecule has 0 fully saturated rings. The molecule has 0 saturated heterocycles. The van der Waals surface area contributed by atoms with E-state index in [-0.39, 0.29) is 25.6 Å². The highest BCUT2D eigenvalue weighted by atomic mass is 31.2. The molecule has 0 aromatic carbocycles. The van der Waals surface area contributed by atoms with Gasteiger partial charge in [0.05, 0.1) is 27.7 Å². The Balaban J connectivity index is 3.99. The van der Waals surface area contributed by atoms with Crippen LogP contribution in [0, 0.1) is 0 Å². The van der Waals surface area contributed by atoms with E-state index in [1.165, 1.54) is 238 Å². The molecule has 0 aliphatic carbocycles. The van der Waals surface area contributed by atoms with Crippen molar-refractivity contribution < 1.29 is 42.1 Å². The van der Waals surface area contributed by atoms with Gasteiger partial charge in [0.2, 0.25) is 0 Å². The summed E-state index contributed by atoms with van der Waals surface area (Å²) in [6, 6.07) is 0. The number of hydrogen-bond acceptors (Lipinski definition) is 7. The fourth-order valence-corrected chi connectivity index (χ4v) is 11.6. The van der Waals surface area contributed by atoms with E-state index < -0.39 is 26.5 Å². The molecule has 87 heavy (non-hydrogen) atoms. The zero-order valence-corrected chi connectivity index (χ0v) is 58.9. The second-order valence-electron chi connectivity index (χ2n) is 26.3. The van der Waals surface area contributed by atoms with E-state index in [9.17, 15) is 19.0 Å². The molecule has 0 saturated carbocycles. The Morgan fingerprint density at radius 1 is 0.368 bits per heavy atom. The lowest BCUT2D eigenvalue weighted by Gasteiger charge is -2.24. The van der Waals surface area contributed by atoms with Gasteiger partial charge in [0, 0.05) is 12.8 Å². The third kappa shape index (κ3) is 72.4. The summed E-state index contributed by atoms with van der Waals surface area (Å²) in [5.41, 5.74) is 0. The Hall–Kier alpha value is -2.55. The van der Waals surface area contributed by atoms with Gasteiger partial charge < -0.3 is 18.9 Å². The van der Waals surface area contributed by atoms with Crippen LogP contribution in [-0.2, 0) is 32.7 Å². The quantitative estimate of drug-likeness (QED) is 0.0211. The maximum Gasteiger partial charge on any atom is 0.472 e. The predicted octanol–water partition coefficient (Wildman–Crippen LogP) is 24.3. The summed E-state index contributed by atoms with van der Waals surface area (Å²) in [5, 5.41) is 0. The Kier molecular flexibility index (Phi) is 65.8. The van der Waals surface area contributed by atoms with Crippen molar-refractivity contribution in [2.24, 2.45) is 0 Å². The van der Waals surface area contributed by atoms with Crippen molar-refractivity contribution in [3.63, 3.8) is 0 Å². The first-order valence-electron chi connectivity index (χ1n) is 37.2. The lowest BCUT2D eigenvalue weighted by atomic mass is 10.0. The van der Waals surface area contributed by atoms with Gasteiger partial charge in [-0.1, -0.05) is 350 Å². The molecular weight excluding hydrogens is 1100 g/mol. The maximum absolute atomic E-state index is 12.9. The topological polar surface area (TPSA) is 108 Å². The smallest absolute Gasteiger partial charge is 0.462 e. The summed E-state index contributed by atoms with van der Waals surface area (Å²) in [4.78, 5) is 35.9. The number of carbonyl (C=O) groups excluding carboxylic acids is 2. The van der Waals surface area contributed by atoms with Crippen LogP contribution in [0.5, 0.6) is 0 Å². The summed E-state index contributed by atoms with van der Waals surface area (Å²) in [6.07, 6.45) is 91.7. The standard InChI is InChI=1S/C77H142NO8P/c1-6-8-10-12-14-16-18-20-22-24-26-28-30-32-34-36-37-38-39-40-42-43-45-47-49-51-53-55-57-59-61-63-65-67-69-76(79)83-73-75(74-85-87(81,82)84-72-71-78(3,4)5)86-77(80)70-68-66-64-62-60-58-56-54-52-50-48-46-44-41-35-33-31-29-27-25-23-21-19-17-15-13-11-9-7-2/h9,11,15,17,21,23,27,29,33,35,44,46,75H,6-8,10,12-14,16,18-20,22,24-26,28,30-32,34,36-43,45,47-74H2,1-5H3/p+1/b11-9-,17-15-,23-21-,29-27-,35-33-,46-44-. The SMILES string of the molecule is CC/C=C\C/C=C\C/C=C\C/C=C\C/C=C\C/C=C\CCCCCCCCCCCCC(=O)OC(COC(=O)CCCCCCCCCCCCCCCCCCCCCCCCCCCCCCCCCCCC)COP(=O)(O)OCC[N+](C)(C)C. The molecule has 0 heterocycles. The number of carbonyl (C=O) groups is 2. The van der Waals surface area contributed by atoms with Gasteiger partial charge in [0.15, 0.2) is 6.10 Å². The van der Waals surface area contributed by atoms with Gasteiger partial charge in [-0.3, -0.25) is 18.6 Å². The van der Waals surface area contributed by atoms with Gasteiger partial charge >= 0.3 is 19.8 Å². The van der Waals surface area contributed by atoms with Gasteiger partial charge in [-0.2, -0.15) is 0 Å². The molecule has 2 atom stereocenters. The molecule has 0 aliphatic rings. The van der Waals surface area contributed by atoms with Crippen LogP contribution in [0.4, 0.5) is 0 Å². The lowest BCUT2D eigenvalue weighted by molar-refractivity contribution is -0.870. The van der Waals surface area contributed by atoms with Gasteiger partial charge in [0.1, 0.15) is 19.8 Å². The fraction of sp³-hybridized carbons (Fsp3) is 0.818. The van der Waals surface area contributed by atoms with Crippen LogP contribution >= 0.6 is 7.82 Å². The maximum atomic E-state index is 12.9. The van der Waals surface area contributed by atoms with Crippen LogP contribution in [0.3, 0.4) is 0 Å². The van der Waals surface area contributed by atoms with Crippen molar-refractivity contribution in [1.82, 2.24) is 0 Å². The number of phosphoric ester groups is 1. The third-order valence-electron chi connectivity index (χ3n) is 16.5. The first-order valence-corrected chi connectivity index (χ1v) is 38.7. The number of likely N-dealkylation sites (N-methyl/N-ethyl adjacent to an activating group) is 1. The normalized spacial score (nSPS) is 13.5. The molecule has 0 rings (SSSR count). The number of hydrogen-bond donors (Lipinski definition) is 1. The average molecular weight is 1240 g/mol. The highest BCUT2D eigenvalue weighted by Crippen LogP contribution is 2.43. The van der Waals surface area contributed by atoms with Crippen LogP contribution in [0.25, 0.3) is 0 Å². The number of rotatable bonds is 69. The number of esters is 2. The van der Waals surface area contributed by atoms with Crippen LogP contribution in [0.1, 0.15) is 354 Å². The minimum absolute atomic E-state index is 0.0300. The molecular formula is C77H143NO8P+. The molecule has 2 unspecified atom stereocenters. The molecule has 0 amide bonds. The zero-order chi connectivity index (χ0) is 63.4. The number of quaternary nitrogens is 1. The molecule has 0 aliphatic heterocycles. The zero-order valence-electron chi connectivity index (χ0n) is 58.0. The number of phosphoric acid groups is 1. The van der Waals surface area contributed by atoms with E-state index in [4.69, 9.17) is 18.5 Å². The molecule has 0 spiro atoms. The predicted molar refractivity (Wildman–Crippen MR) is 376 cm³/mol. The van der Waals surface area contributed by atoms with Crippen LogP contribution in [-0.4, -0.2) is 74.9 Å². The number of allylic oxidation sites excluding steroid dienone is 12. The summed E-state index contributed by atoms with van der Waals surface area (Å²) >= 11 is 0. The van der Waals surface area contributed by atoms with E-state index in [1.807, 2.05) is 21.1 Å². The third-order valence-corrected chi connectivity index (χ3v) is 17.5. The van der Waals surface area contributed by atoms with Crippen LogP contribution in [0.15, 0.2) is 72.9 Å². The minimum atomic E-state index is -4.40. The molecule has 10 heteroatoms. The van der Waals surface area contributed by atoms with E-state index in [0.29, 0.717) is 23.9 Å². The molecule has 9 nitrogen and oxygen atoms in total. The monoisotopic (exact) mass is 1240 g/mol. The van der Waals surface area contributed by atoms with Crippen molar-refractivity contribution in [2.75, 3.05) is 47.5 Å².